The zero-order valence-electron chi connectivity index (χ0n) is 10.6. The van der Waals surface area contributed by atoms with Crippen molar-refractivity contribution in [2.24, 2.45) is 12.8 Å². The lowest BCUT2D eigenvalue weighted by Gasteiger charge is -2.17. The summed E-state index contributed by atoms with van der Waals surface area (Å²) in [6, 6.07) is 10.9. The number of fused-ring (bicyclic) bond motifs is 1. The van der Waals surface area contributed by atoms with E-state index >= 15 is 0 Å². The van der Waals surface area contributed by atoms with Crippen molar-refractivity contribution >= 4 is 0 Å². The summed E-state index contributed by atoms with van der Waals surface area (Å²) in [5.74, 6) is 0.426. The summed E-state index contributed by atoms with van der Waals surface area (Å²) >= 11 is 0. The molecular formula is C14H15N3O2. The maximum Gasteiger partial charge on any atom is 0.266 e. The minimum absolute atomic E-state index is 0.137. The van der Waals surface area contributed by atoms with E-state index in [1.165, 1.54) is 16.3 Å². The van der Waals surface area contributed by atoms with Gasteiger partial charge in [0.2, 0.25) is 5.88 Å². The maximum atomic E-state index is 11.3. The van der Waals surface area contributed by atoms with Gasteiger partial charge in [-0.25, -0.2) is 4.68 Å². The van der Waals surface area contributed by atoms with Gasteiger partial charge in [0.1, 0.15) is 6.10 Å². The first-order valence-electron chi connectivity index (χ1n) is 6.19. The number of hydrogen-bond donors (Lipinski definition) is 1. The number of hydrogen-bond acceptors (Lipinski definition) is 4. The first-order chi connectivity index (χ1) is 9.15. The summed E-state index contributed by atoms with van der Waals surface area (Å²) in [4.78, 5) is 11.3. The topological polar surface area (TPSA) is 70.1 Å². The van der Waals surface area contributed by atoms with Gasteiger partial charge >= 0.3 is 0 Å². The number of rotatable bonds is 2. The Morgan fingerprint density at radius 3 is 2.84 bits per heavy atom. The molecular weight excluding hydrogens is 242 g/mol. The average Bonchev–Trinajstić information content (AvgIpc) is 2.72. The van der Waals surface area contributed by atoms with Crippen molar-refractivity contribution in [1.29, 1.82) is 0 Å². The van der Waals surface area contributed by atoms with Crippen LogP contribution in [0.25, 0.3) is 0 Å². The minimum atomic E-state index is -0.161. The third kappa shape index (κ3) is 2.13. The second-order valence-electron chi connectivity index (χ2n) is 4.72. The molecule has 19 heavy (non-hydrogen) atoms. The molecule has 5 nitrogen and oxygen atoms in total. The Bertz CT molecular complexity index is 666. The van der Waals surface area contributed by atoms with Gasteiger partial charge in [-0.1, -0.05) is 24.3 Å². The van der Waals surface area contributed by atoms with E-state index in [2.05, 4.69) is 11.2 Å². The van der Waals surface area contributed by atoms with Crippen molar-refractivity contribution in [2.75, 3.05) is 0 Å². The molecule has 1 heterocycles. The highest BCUT2D eigenvalue weighted by atomic mass is 16.5. The SMILES string of the molecule is Cn1nc(OC2Cc3ccccc3C2N)ccc1=O. The van der Waals surface area contributed by atoms with Gasteiger partial charge in [0.05, 0.1) is 6.04 Å². The van der Waals surface area contributed by atoms with Gasteiger partial charge in [0, 0.05) is 25.6 Å². The molecule has 0 fully saturated rings. The molecule has 0 saturated heterocycles. The van der Waals surface area contributed by atoms with Crippen LogP contribution in [0, 0.1) is 0 Å². The summed E-state index contributed by atoms with van der Waals surface area (Å²) in [5, 5.41) is 4.06. The van der Waals surface area contributed by atoms with Gasteiger partial charge in [-0.15, -0.1) is 5.10 Å². The molecule has 1 aliphatic rings. The lowest BCUT2D eigenvalue weighted by molar-refractivity contribution is 0.173. The standard InChI is InChI=1S/C14H15N3O2/c1-17-13(18)7-6-12(16-17)19-11-8-9-4-2-3-5-10(9)14(11)15/h2-7,11,14H,8,15H2,1H3. The number of nitrogens with two attached hydrogens (primary N) is 1. The Hall–Kier alpha value is -2.14. The Morgan fingerprint density at radius 2 is 2.11 bits per heavy atom. The van der Waals surface area contributed by atoms with E-state index < -0.39 is 0 Å². The predicted molar refractivity (Wildman–Crippen MR) is 71.0 cm³/mol. The van der Waals surface area contributed by atoms with E-state index in [4.69, 9.17) is 10.5 Å². The molecule has 0 amide bonds. The molecule has 1 aromatic heterocycles. The van der Waals surface area contributed by atoms with Gasteiger partial charge in [-0.2, -0.15) is 0 Å². The molecule has 0 aliphatic heterocycles. The largest absolute Gasteiger partial charge is 0.471 e. The summed E-state index contributed by atoms with van der Waals surface area (Å²) in [5.41, 5.74) is 8.36. The van der Waals surface area contributed by atoms with Crippen LogP contribution in [0.3, 0.4) is 0 Å². The van der Waals surface area contributed by atoms with E-state index in [9.17, 15) is 4.79 Å². The first-order valence-corrected chi connectivity index (χ1v) is 6.19. The molecule has 2 N–H and O–H groups in total. The fourth-order valence-corrected chi connectivity index (χ4v) is 2.40. The molecule has 2 aromatic rings. The van der Waals surface area contributed by atoms with Gasteiger partial charge in [-0.05, 0) is 11.1 Å². The van der Waals surface area contributed by atoms with Crippen molar-refractivity contribution < 1.29 is 4.74 Å². The highest BCUT2D eigenvalue weighted by Crippen LogP contribution is 2.31. The third-order valence-corrected chi connectivity index (χ3v) is 3.44. The molecule has 1 aromatic carbocycles. The molecule has 0 saturated carbocycles. The van der Waals surface area contributed by atoms with Crippen molar-refractivity contribution in [3.63, 3.8) is 0 Å². The Balaban J connectivity index is 1.82. The summed E-state index contributed by atoms with van der Waals surface area (Å²) < 4.78 is 7.06. The fraction of sp³-hybridized carbons (Fsp3) is 0.286. The van der Waals surface area contributed by atoms with Gasteiger partial charge in [-0.3, -0.25) is 4.79 Å². The van der Waals surface area contributed by atoms with Crippen molar-refractivity contribution in [3.05, 3.63) is 57.9 Å². The Kier molecular flexibility index (Phi) is 2.83. The Morgan fingerprint density at radius 1 is 1.32 bits per heavy atom. The second-order valence-corrected chi connectivity index (χ2v) is 4.72. The van der Waals surface area contributed by atoms with Crippen LogP contribution < -0.4 is 16.0 Å². The van der Waals surface area contributed by atoms with E-state index in [1.54, 1.807) is 13.1 Å². The van der Waals surface area contributed by atoms with Crippen LogP contribution in [0.15, 0.2) is 41.2 Å². The van der Waals surface area contributed by atoms with E-state index in [1.807, 2.05) is 18.2 Å². The quantitative estimate of drug-likeness (QED) is 0.863. The van der Waals surface area contributed by atoms with Crippen LogP contribution >= 0.6 is 0 Å². The number of ether oxygens (including phenoxy) is 1. The maximum absolute atomic E-state index is 11.3. The number of aromatic nitrogens is 2. The normalized spacial score (nSPS) is 21.2. The predicted octanol–water partition coefficient (Wildman–Crippen LogP) is 0.784. The molecule has 0 bridgehead atoms. The zero-order valence-corrected chi connectivity index (χ0v) is 10.6. The molecule has 0 radical (unpaired) electrons. The van der Waals surface area contributed by atoms with Crippen LogP contribution in [-0.2, 0) is 13.5 Å². The molecule has 5 heteroatoms. The second kappa shape index (κ2) is 4.51. The lowest BCUT2D eigenvalue weighted by atomic mass is 10.1. The van der Waals surface area contributed by atoms with Crippen LogP contribution in [0.4, 0.5) is 0 Å². The van der Waals surface area contributed by atoms with Gasteiger partial charge in [0.25, 0.3) is 5.56 Å². The number of benzene rings is 1. The number of nitrogens with zero attached hydrogens (tertiary/aromatic N) is 2. The van der Waals surface area contributed by atoms with Crippen molar-refractivity contribution in [2.45, 2.75) is 18.6 Å². The lowest BCUT2D eigenvalue weighted by Crippen LogP contribution is -2.29. The monoisotopic (exact) mass is 257 g/mol. The molecule has 0 spiro atoms. The third-order valence-electron chi connectivity index (χ3n) is 3.44. The smallest absolute Gasteiger partial charge is 0.266 e. The van der Waals surface area contributed by atoms with Crippen LogP contribution in [0.5, 0.6) is 5.88 Å². The summed E-state index contributed by atoms with van der Waals surface area (Å²) in [6.45, 7) is 0. The molecule has 98 valence electrons. The first kappa shape index (κ1) is 11.9. The molecule has 3 rings (SSSR count). The van der Waals surface area contributed by atoms with E-state index in [-0.39, 0.29) is 17.7 Å². The van der Waals surface area contributed by atoms with Crippen LogP contribution in [-0.4, -0.2) is 15.9 Å². The van der Waals surface area contributed by atoms with Crippen LogP contribution in [0.1, 0.15) is 17.2 Å². The average molecular weight is 257 g/mol. The molecule has 2 atom stereocenters. The summed E-state index contributed by atoms with van der Waals surface area (Å²) in [7, 11) is 1.60. The van der Waals surface area contributed by atoms with Crippen molar-refractivity contribution in [3.8, 4) is 5.88 Å². The highest BCUT2D eigenvalue weighted by Gasteiger charge is 2.31. The van der Waals surface area contributed by atoms with Crippen LogP contribution in [0.2, 0.25) is 0 Å². The van der Waals surface area contributed by atoms with Crippen molar-refractivity contribution in [1.82, 2.24) is 9.78 Å². The van der Waals surface area contributed by atoms with E-state index in [0.29, 0.717) is 5.88 Å². The van der Waals surface area contributed by atoms with E-state index in [0.717, 1.165) is 12.0 Å². The Labute approximate surface area is 110 Å². The summed E-state index contributed by atoms with van der Waals surface area (Å²) in [6.07, 6.45) is 0.629. The minimum Gasteiger partial charge on any atom is -0.471 e. The molecule has 2 unspecified atom stereocenters. The molecule has 1 aliphatic carbocycles. The number of aryl methyl sites for hydroxylation is 1. The highest BCUT2D eigenvalue weighted by molar-refractivity contribution is 5.36. The van der Waals surface area contributed by atoms with Gasteiger partial charge in [0.15, 0.2) is 0 Å². The van der Waals surface area contributed by atoms with Gasteiger partial charge < -0.3 is 10.5 Å². The zero-order chi connectivity index (χ0) is 13.4. The fourth-order valence-electron chi connectivity index (χ4n) is 2.40.